The molecular formula is C12H15Cl2N3O. The van der Waals surface area contributed by atoms with Gasteiger partial charge in [0, 0.05) is 11.1 Å². The van der Waals surface area contributed by atoms with Crippen molar-refractivity contribution >= 4 is 40.5 Å². The van der Waals surface area contributed by atoms with Crippen molar-refractivity contribution in [3.05, 3.63) is 22.2 Å². The summed E-state index contributed by atoms with van der Waals surface area (Å²) in [4.78, 5) is 13.9. The minimum Gasteiger partial charge on any atom is -0.397 e. The van der Waals surface area contributed by atoms with Crippen LogP contribution in [0.3, 0.4) is 0 Å². The topological polar surface area (TPSA) is 58.4 Å². The van der Waals surface area contributed by atoms with Gasteiger partial charge in [-0.05, 0) is 32.0 Å². The Hall–Kier alpha value is -0.970. The molecule has 1 fully saturated rings. The van der Waals surface area contributed by atoms with Gasteiger partial charge in [0.25, 0.3) is 0 Å². The number of amides is 1. The van der Waals surface area contributed by atoms with Crippen LogP contribution in [0.25, 0.3) is 0 Å². The number of benzene rings is 1. The van der Waals surface area contributed by atoms with Gasteiger partial charge >= 0.3 is 0 Å². The van der Waals surface area contributed by atoms with Crippen LogP contribution < -0.4 is 11.1 Å². The fraction of sp³-hybridized carbons (Fsp3) is 0.417. The SMILES string of the molecule is CN(CC(=O)Nc1c(N)cc(Cl)cc1Cl)C1CC1. The Morgan fingerprint density at radius 3 is 2.72 bits per heavy atom. The summed E-state index contributed by atoms with van der Waals surface area (Å²) >= 11 is 11.8. The fourth-order valence-corrected chi connectivity index (χ4v) is 2.33. The number of likely N-dealkylation sites (N-methyl/N-ethyl adjacent to an activating group) is 1. The molecule has 3 N–H and O–H groups in total. The number of anilines is 2. The molecule has 1 aromatic carbocycles. The zero-order valence-electron chi connectivity index (χ0n) is 10.0. The van der Waals surface area contributed by atoms with Crippen molar-refractivity contribution in [3.63, 3.8) is 0 Å². The maximum Gasteiger partial charge on any atom is 0.238 e. The van der Waals surface area contributed by atoms with E-state index in [1.165, 1.54) is 0 Å². The van der Waals surface area contributed by atoms with Gasteiger partial charge in [0.1, 0.15) is 0 Å². The van der Waals surface area contributed by atoms with Crippen molar-refractivity contribution < 1.29 is 4.79 Å². The number of rotatable bonds is 4. The molecule has 0 radical (unpaired) electrons. The van der Waals surface area contributed by atoms with E-state index in [0.29, 0.717) is 34.0 Å². The summed E-state index contributed by atoms with van der Waals surface area (Å²) in [6, 6.07) is 3.65. The number of halogens is 2. The molecule has 0 aromatic heterocycles. The highest BCUT2D eigenvalue weighted by Crippen LogP contribution is 2.32. The molecule has 1 amide bonds. The van der Waals surface area contributed by atoms with Gasteiger partial charge in [0.15, 0.2) is 0 Å². The minimum absolute atomic E-state index is 0.125. The van der Waals surface area contributed by atoms with E-state index in [4.69, 9.17) is 28.9 Å². The van der Waals surface area contributed by atoms with Gasteiger partial charge in [-0.2, -0.15) is 0 Å². The zero-order valence-corrected chi connectivity index (χ0v) is 11.6. The minimum atomic E-state index is -0.125. The average Bonchev–Trinajstić information content (AvgIpc) is 3.06. The molecule has 0 bridgehead atoms. The number of hydrogen-bond donors (Lipinski definition) is 2. The number of nitrogens with zero attached hydrogens (tertiary/aromatic N) is 1. The van der Waals surface area contributed by atoms with Crippen LogP contribution in [0.2, 0.25) is 10.0 Å². The fourth-order valence-electron chi connectivity index (χ4n) is 1.78. The van der Waals surface area contributed by atoms with Gasteiger partial charge in [0.05, 0.1) is 22.9 Å². The van der Waals surface area contributed by atoms with Crippen LogP contribution in [0.15, 0.2) is 12.1 Å². The first-order valence-electron chi connectivity index (χ1n) is 5.72. The van der Waals surface area contributed by atoms with Crippen molar-refractivity contribution in [3.8, 4) is 0 Å². The molecule has 1 aliphatic carbocycles. The lowest BCUT2D eigenvalue weighted by Gasteiger charge is -2.16. The monoisotopic (exact) mass is 287 g/mol. The van der Waals surface area contributed by atoms with E-state index in [1.54, 1.807) is 12.1 Å². The van der Waals surface area contributed by atoms with E-state index in [9.17, 15) is 4.79 Å². The molecule has 0 unspecified atom stereocenters. The number of carbonyl (C=O) groups is 1. The third-order valence-electron chi connectivity index (χ3n) is 2.91. The van der Waals surface area contributed by atoms with Crippen LogP contribution in [-0.4, -0.2) is 30.4 Å². The number of nitrogens with two attached hydrogens (primary N) is 1. The van der Waals surface area contributed by atoms with Crippen LogP contribution in [0.5, 0.6) is 0 Å². The summed E-state index contributed by atoms with van der Waals surface area (Å²) in [6.45, 7) is 0.336. The Morgan fingerprint density at radius 1 is 1.50 bits per heavy atom. The lowest BCUT2D eigenvalue weighted by atomic mass is 10.2. The Balaban J connectivity index is 2.02. The Labute approximate surface area is 116 Å². The normalized spacial score (nSPS) is 14.9. The van der Waals surface area contributed by atoms with Crippen molar-refractivity contribution in [1.29, 1.82) is 0 Å². The summed E-state index contributed by atoms with van der Waals surface area (Å²) < 4.78 is 0. The smallest absolute Gasteiger partial charge is 0.238 e. The second kappa shape index (κ2) is 5.34. The predicted octanol–water partition coefficient (Wildman–Crippen LogP) is 2.61. The Morgan fingerprint density at radius 2 is 2.17 bits per heavy atom. The summed E-state index contributed by atoms with van der Waals surface area (Å²) in [5.74, 6) is -0.125. The van der Waals surface area contributed by atoms with Gasteiger partial charge < -0.3 is 11.1 Å². The summed E-state index contributed by atoms with van der Waals surface area (Å²) in [6.07, 6.45) is 2.32. The molecule has 98 valence electrons. The third kappa shape index (κ3) is 3.28. The maximum absolute atomic E-state index is 11.8. The van der Waals surface area contributed by atoms with Gasteiger partial charge in [-0.15, -0.1) is 0 Å². The van der Waals surface area contributed by atoms with Crippen LogP contribution in [-0.2, 0) is 4.79 Å². The van der Waals surface area contributed by atoms with E-state index in [1.807, 2.05) is 11.9 Å². The van der Waals surface area contributed by atoms with Gasteiger partial charge in [-0.25, -0.2) is 0 Å². The van der Waals surface area contributed by atoms with E-state index in [-0.39, 0.29) is 5.91 Å². The van der Waals surface area contributed by atoms with Gasteiger partial charge in [0.2, 0.25) is 5.91 Å². The van der Waals surface area contributed by atoms with E-state index >= 15 is 0 Å². The molecule has 2 rings (SSSR count). The molecular weight excluding hydrogens is 273 g/mol. The molecule has 1 aromatic rings. The first-order valence-corrected chi connectivity index (χ1v) is 6.47. The zero-order chi connectivity index (χ0) is 13.3. The van der Waals surface area contributed by atoms with E-state index < -0.39 is 0 Å². The van der Waals surface area contributed by atoms with Crippen molar-refractivity contribution in [1.82, 2.24) is 4.90 Å². The highest BCUT2D eigenvalue weighted by molar-refractivity contribution is 6.37. The first kappa shape index (κ1) is 13.5. The molecule has 6 heteroatoms. The molecule has 4 nitrogen and oxygen atoms in total. The highest BCUT2D eigenvalue weighted by atomic mass is 35.5. The summed E-state index contributed by atoms with van der Waals surface area (Å²) in [7, 11) is 1.93. The molecule has 0 heterocycles. The number of carbonyl (C=O) groups excluding carboxylic acids is 1. The largest absolute Gasteiger partial charge is 0.397 e. The molecule has 0 spiro atoms. The van der Waals surface area contributed by atoms with Crippen molar-refractivity contribution in [2.24, 2.45) is 0 Å². The van der Waals surface area contributed by atoms with Gasteiger partial charge in [-0.3, -0.25) is 9.69 Å². The van der Waals surface area contributed by atoms with E-state index in [0.717, 1.165) is 12.8 Å². The van der Waals surface area contributed by atoms with Crippen LogP contribution in [0, 0.1) is 0 Å². The number of nitrogen functional groups attached to an aromatic ring is 1. The second-order valence-electron chi connectivity index (χ2n) is 4.55. The first-order chi connectivity index (χ1) is 8.47. The molecule has 1 aliphatic rings. The Bertz CT molecular complexity index is 451. The second-order valence-corrected chi connectivity index (χ2v) is 5.39. The van der Waals surface area contributed by atoms with E-state index in [2.05, 4.69) is 5.32 Å². The number of nitrogens with one attached hydrogen (secondary N) is 1. The standard InChI is InChI=1S/C12H15Cl2N3O/c1-17(8-2-3-8)6-11(18)16-12-9(14)4-7(13)5-10(12)15/h4-5,8H,2-3,6,15H2,1H3,(H,16,18). The van der Waals surface area contributed by atoms with Crippen molar-refractivity contribution in [2.75, 3.05) is 24.6 Å². The summed E-state index contributed by atoms with van der Waals surface area (Å²) in [5, 5.41) is 3.52. The lowest BCUT2D eigenvalue weighted by Crippen LogP contribution is -2.31. The maximum atomic E-state index is 11.8. The van der Waals surface area contributed by atoms with Crippen LogP contribution in [0.4, 0.5) is 11.4 Å². The molecule has 0 atom stereocenters. The lowest BCUT2D eigenvalue weighted by molar-refractivity contribution is -0.117. The summed E-state index contributed by atoms with van der Waals surface area (Å²) in [5.41, 5.74) is 6.57. The average molecular weight is 288 g/mol. The van der Waals surface area contributed by atoms with Crippen LogP contribution >= 0.6 is 23.2 Å². The highest BCUT2D eigenvalue weighted by Gasteiger charge is 2.27. The molecule has 18 heavy (non-hydrogen) atoms. The molecule has 1 saturated carbocycles. The predicted molar refractivity (Wildman–Crippen MR) is 75.2 cm³/mol. The molecule has 0 saturated heterocycles. The number of hydrogen-bond acceptors (Lipinski definition) is 3. The Kier molecular flexibility index (Phi) is 4.00. The van der Waals surface area contributed by atoms with Gasteiger partial charge in [-0.1, -0.05) is 23.2 Å². The third-order valence-corrected chi connectivity index (χ3v) is 3.43. The quantitative estimate of drug-likeness (QED) is 0.837. The van der Waals surface area contributed by atoms with Crippen molar-refractivity contribution in [2.45, 2.75) is 18.9 Å². The van der Waals surface area contributed by atoms with Crippen LogP contribution in [0.1, 0.15) is 12.8 Å². The molecule has 0 aliphatic heterocycles.